The van der Waals surface area contributed by atoms with Gasteiger partial charge in [0, 0.05) is 34.4 Å². The molecule has 0 atom stereocenters. The fraction of sp³-hybridized carbons (Fsp3) is 0.167. The van der Waals surface area contributed by atoms with Gasteiger partial charge in [-0.05, 0) is 61.5 Å². The molecular weight excluding hydrogens is 416 g/mol. The number of anilines is 2. The van der Waals surface area contributed by atoms with E-state index in [0.29, 0.717) is 40.1 Å². The molecule has 7 heteroatoms. The van der Waals surface area contributed by atoms with Crippen molar-refractivity contribution >= 4 is 34.8 Å². The smallest absolute Gasteiger partial charge is 0.255 e. The highest BCUT2D eigenvalue weighted by Gasteiger charge is 2.12. The van der Waals surface area contributed by atoms with Crippen LogP contribution in [0.4, 0.5) is 11.4 Å². The summed E-state index contributed by atoms with van der Waals surface area (Å²) in [6.07, 6.45) is 0. The van der Waals surface area contributed by atoms with E-state index in [0.717, 1.165) is 5.56 Å². The predicted molar refractivity (Wildman–Crippen MR) is 122 cm³/mol. The molecule has 31 heavy (non-hydrogen) atoms. The summed E-state index contributed by atoms with van der Waals surface area (Å²) in [5.74, 6) is 0.805. The quantitative estimate of drug-likeness (QED) is 0.485. The van der Waals surface area contributed by atoms with Crippen LogP contribution in [0.2, 0.25) is 5.02 Å². The van der Waals surface area contributed by atoms with Crippen LogP contribution in [0.25, 0.3) is 0 Å². The van der Waals surface area contributed by atoms with Crippen LogP contribution in [0.3, 0.4) is 0 Å². The van der Waals surface area contributed by atoms with E-state index in [9.17, 15) is 9.59 Å². The van der Waals surface area contributed by atoms with Gasteiger partial charge in [0.2, 0.25) is 5.91 Å². The maximum absolute atomic E-state index is 12.8. The molecule has 0 saturated heterocycles. The highest BCUT2D eigenvalue weighted by molar-refractivity contribution is 6.30. The zero-order chi connectivity index (χ0) is 22.2. The Balaban J connectivity index is 1.77. The Kier molecular flexibility index (Phi) is 7.51. The van der Waals surface area contributed by atoms with Crippen molar-refractivity contribution in [2.45, 2.75) is 20.5 Å². The van der Waals surface area contributed by atoms with Crippen molar-refractivity contribution in [1.82, 2.24) is 0 Å². The van der Waals surface area contributed by atoms with Crippen molar-refractivity contribution in [1.29, 1.82) is 0 Å². The summed E-state index contributed by atoms with van der Waals surface area (Å²) in [5.41, 5.74) is 2.37. The average molecular weight is 439 g/mol. The van der Waals surface area contributed by atoms with Crippen LogP contribution < -0.4 is 20.1 Å². The highest BCUT2D eigenvalue weighted by atomic mass is 35.5. The van der Waals surface area contributed by atoms with Crippen molar-refractivity contribution in [3.63, 3.8) is 0 Å². The molecule has 0 radical (unpaired) electrons. The van der Waals surface area contributed by atoms with Crippen LogP contribution in [0.15, 0.2) is 66.7 Å². The lowest BCUT2D eigenvalue weighted by molar-refractivity contribution is -0.114. The summed E-state index contributed by atoms with van der Waals surface area (Å²) >= 11 is 6.01. The number of amides is 2. The lowest BCUT2D eigenvalue weighted by Gasteiger charge is -2.14. The van der Waals surface area contributed by atoms with Gasteiger partial charge in [0.25, 0.3) is 5.91 Å². The van der Waals surface area contributed by atoms with E-state index in [4.69, 9.17) is 21.1 Å². The lowest BCUT2D eigenvalue weighted by atomic mass is 10.1. The van der Waals surface area contributed by atoms with Crippen LogP contribution in [0.5, 0.6) is 11.5 Å². The fourth-order valence-electron chi connectivity index (χ4n) is 2.93. The molecule has 0 heterocycles. The zero-order valence-corrected chi connectivity index (χ0v) is 18.0. The Hall–Kier alpha value is -3.51. The largest absolute Gasteiger partial charge is 0.493 e. The second-order valence-electron chi connectivity index (χ2n) is 6.72. The van der Waals surface area contributed by atoms with Crippen molar-refractivity contribution in [2.75, 3.05) is 17.2 Å². The number of rotatable bonds is 8. The van der Waals surface area contributed by atoms with Crippen LogP contribution >= 0.6 is 11.6 Å². The van der Waals surface area contributed by atoms with E-state index in [1.54, 1.807) is 60.7 Å². The van der Waals surface area contributed by atoms with Crippen LogP contribution in [0.1, 0.15) is 29.8 Å². The summed E-state index contributed by atoms with van der Waals surface area (Å²) < 4.78 is 11.5. The number of carbonyl (C=O) groups is 2. The van der Waals surface area contributed by atoms with Gasteiger partial charge < -0.3 is 20.1 Å². The third-order valence-electron chi connectivity index (χ3n) is 4.25. The number of nitrogens with one attached hydrogen (secondary N) is 2. The Morgan fingerprint density at radius 1 is 0.903 bits per heavy atom. The zero-order valence-electron chi connectivity index (χ0n) is 17.3. The SMILES string of the molecule is CCOc1ccc(C(=O)Nc2cccc(NC(C)=O)c2)cc1COc1cccc(Cl)c1. The molecule has 160 valence electrons. The Labute approximate surface area is 186 Å². The van der Waals surface area contributed by atoms with Crippen molar-refractivity contribution < 1.29 is 19.1 Å². The van der Waals surface area contributed by atoms with Crippen LogP contribution in [-0.4, -0.2) is 18.4 Å². The molecule has 0 aliphatic carbocycles. The molecule has 0 bridgehead atoms. The molecule has 2 amide bonds. The summed E-state index contributed by atoms with van der Waals surface area (Å²) in [5, 5.41) is 6.12. The molecule has 6 nitrogen and oxygen atoms in total. The third kappa shape index (κ3) is 6.49. The van der Waals surface area contributed by atoms with E-state index in [2.05, 4.69) is 10.6 Å². The van der Waals surface area contributed by atoms with Crippen molar-refractivity contribution in [3.8, 4) is 11.5 Å². The van der Waals surface area contributed by atoms with Crippen LogP contribution in [0, 0.1) is 0 Å². The first-order valence-electron chi connectivity index (χ1n) is 9.77. The van der Waals surface area contributed by atoms with E-state index in [-0.39, 0.29) is 18.4 Å². The summed E-state index contributed by atoms with van der Waals surface area (Å²) in [6, 6.07) is 19.2. The molecular formula is C24H23ClN2O4. The molecule has 3 aromatic rings. The highest BCUT2D eigenvalue weighted by Crippen LogP contribution is 2.25. The normalized spacial score (nSPS) is 10.3. The van der Waals surface area contributed by atoms with E-state index in [1.807, 2.05) is 13.0 Å². The van der Waals surface area contributed by atoms with Gasteiger partial charge >= 0.3 is 0 Å². The van der Waals surface area contributed by atoms with Crippen LogP contribution in [-0.2, 0) is 11.4 Å². The molecule has 0 aromatic heterocycles. The second kappa shape index (κ2) is 10.5. The van der Waals surface area contributed by atoms with Gasteiger partial charge in [0.05, 0.1) is 6.61 Å². The molecule has 3 aromatic carbocycles. The summed E-state index contributed by atoms with van der Waals surface area (Å²) in [4.78, 5) is 24.0. The topological polar surface area (TPSA) is 76.7 Å². The van der Waals surface area contributed by atoms with Gasteiger partial charge in [-0.1, -0.05) is 23.7 Å². The maximum Gasteiger partial charge on any atom is 0.255 e. The number of hydrogen-bond acceptors (Lipinski definition) is 4. The van der Waals surface area contributed by atoms with E-state index < -0.39 is 0 Å². The second-order valence-corrected chi connectivity index (χ2v) is 7.15. The third-order valence-corrected chi connectivity index (χ3v) is 4.49. The minimum atomic E-state index is -0.285. The Morgan fingerprint density at radius 2 is 1.65 bits per heavy atom. The van der Waals surface area contributed by atoms with E-state index >= 15 is 0 Å². The van der Waals surface area contributed by atoms with Gasteiger partial charge in [-0.25, -0.2) is 0 Å². The molecule has 3 rings (SSSR count). The van der Waals surface area contributed by atoms with Gasteiger partial charge in [0.1, 0.15) is 18.1 Å². The Morgan fingerprint density at radius 3 is 2.35 bits per heavy atom. The number of carbonyl (C=O) groups excluding carboxylic acids is 2. The number of hydrogen-bond donors (Lipinski definition) is 2. The minimum absolute atomic E-state index is 0.181. The Bertz CT molecular complexity index is 1080. The van der Waals surface area contributed by atoms with E-state index in [1.165, 1.54) is 6.92 Å². The monoisotopic (exact) mass is 438 g/mol. The van der Waals surface area contributed by atoms with Crippen molar-refractivity contribution in [3.05, 3.63) is 82.9 Å². The molecule has 0 spiro atoms. The molecule has 0 fully saturated rings. The maximum atomic E-state index is 12.8. The molecule has 2 N–H and O–H groups in total. The molecule has 0 unspecified atom stereocenters. The minimum Gasteiger partial charge on any atom is -0.493 e. The number of ether oxygens (including phenoxy) is 2. The first-order chi connectivity index (χ1) is 14.9. The predicted octanol–water partition coefficient (Wildman–Crippen LogP) is 5.53. The summed E-state index contributed by atoms with van der Waals surface area (Å²) in [7, 11) is 0. The first-order valence-corrected chi connectivity index (χ1v) is 10.2. The van der Waals surface area contributed by atoms with Gasteiger partial charge in [-0.3, -0.25) is 9.59 Å². The lowest BCUT2D eigenvalue weighted by Crippen LogP contribution is -2.13. The fourth-order valence-corrected chi connectivity index (χ4v) is 3.11. The van der Waals surface area contributed by atoms with Gasteiger partial charge in [-0.2, -0.15) is 0 Å². The number of halogens is 1. The van der Waals surface area contributed by atoms with Gasteiger partial charge in [0.15, 0.2) is 0 Å². The average Bonchev–Trinajstić information content (AvgIpc) is 2.73. The first kappa shape index (κ1) is 22.2. The molecule has 0 saturated carbocycles. The van der Waals surface area contributed by atoms with Crippen molar-refractivity contribution in [2.24, 2.45) is 0 Å². The number of benzene rings is 3. The standard InChI is InChI=1S/C24H23ClN2O4/c1-3-30-23-11-10-17(12-18(23)15-31-22-9-4-6-19(25)13-22)24(29)27-21-8-5-7-20(14-21)26-16(2)28/h4-14H,3,15H2,1-2H3,(H,26,28)(H,27,29). The summed E-state index contributed by atoms with van der Waals surface area (Å²) in [6.45, 7) is 4.03. The van der Waals surface area contributed by atoms with Gasteiger partial charge in [-0.15, -0.1) is 0 Å². The molecule has 0 aliphatic heterocycles. The molecule has 0 aliphatic rings.